The Kier molecular flexibility index (Phi) is 2.78. The summed E-state index contributed by atoms with van der Waals surface area (Å²) in [6, 6.07) is 4.19. The van der Waals surface area contributed by atoms with Crippen molar-refractivity contribution < 1.29 is 0 Å². The number of aromatic nitrogens is 1. The highest BCUT2D eigenvalue weighted by molar-refractivity contribution is 6.21. The molecule has 0 amide bonds. The normalized spacial score (nSPS) is 22.4. The van der Waals surface area contributed by atoms with Gasteiger partial charge in [0.05, 0.1) is 0 Å². The van der Waals surface area contributed by atoms with E-state index in [1.54, 1.807) is 0 Å². The summed E-state index contributed by atoms with van der Waals surface area (Å²) in [4.78, 5) is 4.46. The zero-order chi connectivity index (χ0) is 10.1. The Morgan fingerprint density at radius 3 is 3.00 bits per heavy atom. The highest BCUT2D eigenvalue weighted by Gasteiger charge is 2.31. The van der Waals surface area contributed by atoms with Gasteiger partial charge in [-0.1, -0.05) is 19.9 Å². The average Bonchev–Trinajstić information content (AvgIpc) is 2.60. The lowest BCUT2D eigenvalue weighted by molar-refractivity contribution is 0.500. The standard InChI is InChI=1S/C12H16ClN/c1-8(2)11(13)10-6-5-9-4-3-7-14-12(9)10/h3-4,7-8,10-11H,5-6H2,1-2H3. The van der Waals surface area contributed by atoms with Gasteiger partial charge in [-0.05, 0) is 30.4 Å². The minimum atomic E-state index is 0.228. The second-order valence-corrected chi connectivity index (χ2v) is 4.89. The van der Waals surface area contributed by atoms with Crippen molar-refractivity contribution in [3.05, 3.63) is 29.6 Å². The average molecular weight is 210 g/mol. The lowest BCUT2D eigenvalue weighted by atomic mass is 9.94. The Hall–Kier alpha value is -0.560. The molecule has 1 aromatic rings. The highest BCUT2D eigenvalue weighted by atomic mass is 35.5. The van der Waals surface area contributed by atoms with Gasteiger partial charge >= 0.3 is 0 Å². The van der Waals surface area contributed by atoms with Gasteiger partial charge in [0.25, 0.3) is 0 Å². The van der Waals surface area contributed by atoms with Crippen LogP contribution in [0.25, 0.3) is 0 Å². The minimum absolute atomic E-state index is 0.228. The van der Waals surface area contributed by atoms with Crippen molar-refractivity contribution in [2.45, 2.75) is 38.0 Å². The zero-order valence-electron chi connectivity index (χ0n) is 8.70. The Bertz CT molecular complexity index is 322. The lowest BCUT2D eigenvalue weighted by Crippen LogP contribution is -2.17. The number of alkyl halides is 1. The quantitative estimate of drug-likeness (QED) is 0.681. The van der Waals surface area contributed by atoms with Gasteiger partial charge in [-0.3, -0.25) is 4.98 Å². The molecule has 0 bridgehead atoms. The molecule has 2 unspecified atom stereocenters. The number of hydrogen-bond donors (Lipinski definition) is 0. The largest absolute Gasteiger partial charge is 0.261 e. The molecular formula is C12H16ClN. The van der Waals surface area contributed by atoms with Gasteiger partial charge in [-0.15, -0.1) is 11.6 Å². The minimum Gasteiger partial charge on any atom is -0.261 e. The maximum atomic E-state index is 6.41. The van der Waals surface area contributed by atoms with Gasteiger partial charge in [-0.2, -0.15) is 0 Å². The van der Waals surface area contributed by atoms with Gasteiger partial charge in [0.1, 0.15) is 0 Å². The second kappa shape index (κ2) is 3.90. The number of nitrogens with zero attached hydrogens (tertiary/aromatic N) is 1. The Labute approximate surface area is 90.5 Å². The van der Waals surface area contributed by atoms with E-state index in [0.717, 1.165) is 6.42 Å². The summed E-state index contributed by atoms with van der Waals surface area (Å²) >= 11 is 6.41. The van der Waals surface area contributed by atoms with Crippen LogP contribution in [0.2, 0.25) is 0 Å². The second-order valence-electron chi connectivity index (χ2n) is 4.38. The van der Waals surface area contributed by atoms with Gasteiger partial charge in [0.2, 0.25) is 0 Å². The third-order valence-corrected chi connectivity index (χ3v) is 3.83. The number of rotatable bonds is 2. The molecule has 76 valence electrons. The van der Waals surface area contributed by atoms with E-state index in [0.29, 0.717) is 11.8 Å². The molecule has 1 aromatic heterocycles. The first kappa shape index (κ1) is 9.97. The van der Waals surface area contributed by atoms with Crippen molar-refractivity contribution >= 4 is 11.6 Å². The van der Waals surface area contributed by atoms with Gasteiger partial charge in [0.15, 0.2) is 0 Å². The number of pyridine rings is 1. The van der Waals surface area contributed by atoms with Crippen molar-refractivity contribution in [3.8, 4) is 0 Å². The molecule has 14 heavy (non-hydrogen) atoms. The SMILES string of the molecule is CC(C)C(Cl)C1CCc2cccnc21. The van der Waals surface area contributed by atoms with Crippen LogP contribution >= 0.6 is 11.6 Å². The fourth-order valence-electron chi connectivity index (χ4n) is 2.22. The van der Waals surface area contributed by atoms with Crippen molar-refractivity contribution in [2.75, 3.05) is 0 Å². The summed E-state index contributed by atoms with van der Waals surface area (Å²) in [6.07, 6.45) is 4.18. The van der Waals surface area contributed by atoms with Crippen LogP contribution in [0.15, 0.2) is 18.3 Å². The van der Waals surface area contributed by atoms with Crippen LogP contribution in [-0.2, 0) is 6.42 Å². The molecule has 1 aliphatic carbocycles. The predicted molar refractivity (Wildman–Crippen MR) is 59.8 cm³/mol. The highest BCUT2D eigenvalue weighted by Crippen LogP contribution is 2.38. The predicted octanol–water partition coefficient (Wildman–Crippen LogP) is 3.37. The van der Waals surface area contributed by atoms with E-state index in [9.17, 15) is 0 Å². The van der Waals surface area contributed by atoms with Crippen LogP contribution in [0.3, 0.4) is 0 Å². The molecule has 0 fully saturated rings. The molecule has 0 spiro atoms. The molecule has 1 aliphatic rings. The van der Waals surface area contributed by atoms with E-state index in [1.807, 2.05) is 12.3 Å². The first-order valence-corrected chi connectivity index (χ1v) is 5.71. The van der Waals surface area contributed by atoms with E-state index in [-0.39, 0.29) is 5.38 Å². The van der Waals surface area contributed by atoms with Crippen LogP contribution in [0.4, 0.5) is 0 Å². The third kappa shape index (κ3) is 1.66. The fraction of sp³-hybridized carbons (Fsp3) is 0.583. The Morgan fingerprint density at radius 1 is 1.50 bits per heavy atom. The Balaban J connectivity index is 2.26. The fourth-order valence-corrected chi connectivity index (χ4v) is 2.46. The summed E-state index contributed by atoms with van der Waals surface area (Å²) in [5.41, 5.74) is 2.63. The first-order chi connectivity index (χ1) is 6.70. The maximum absolute atomic E-state index is 6.41. The van der Waals surface area contributed by atoms with Gasteiger partial charge in [0, 0.05) is 23.2 Å². The summed E-state index contributed by atoms with van der Waals surface area (Å²) in [7, 11) is 0. The monoisotopic (exact) mass is 209 g/mol. The molecule has 2 heteroatoms. The number of halogens is 1. The molecule has 1 heterocycles. The van der Waals surface area contributed by atoms with Crippen LogP contribution in [-0.4, -0.2) is 10.4 Å². The van der Waals surface area contributed by atoms with Crippen molar-refractivity contribution in [3.63, 3.8) is 0 Å². The lowest BCUT2D eigenvalue weighted by Gasteiger charge is -2.20. The zero-order valence-corrected chi connectivity index (χ0v) is 9.46. The van der Waals surface area contributed by atoms with Crippen LogP contribution < -0.4 is 0 Å². The molecule has 2 rings (SSSR count). The van der Waals surface area contributed by atoms with Crippen molar-refractivity contribution in [2.24, 2.45) is 5.92 Å². The van der Waals surface area contributed by atoms with Gasteiger partial charge < -0.3 is 0 Å². The van der Waals surface area contributed by atoms with Crippen LogP contribution in [0.5, 0.6) is 0 Å². The molecule has 0 N–H and O–H groups in total. The van der Waals surface area contributed by atoms with E-state index in [2.05, 4.69) is 24.9 Å². The van der Waals surface area contributed by atoms with Crippen LogP contribution in [0, 0.1) is 5.92 Å². The maximum Gasteiger partial charge on any atom is 0.0481 e. The van der Waals surface area contributed by atoms with E-state index in [1.165, 1.54) is 17.7 Å². The van der Waals surface area contributed by atoms with E-state index >= 15 is 0 Å². The first-order valence-electron chi connectivity index (χ1n) is 5.28. The molecular weight excluding hydrogens is 194 g/mol. The van der Waals surface area contributed by atoms with Gasteiger partial charge in [-0.25, -0.2) is 0 Å². The summed E-state index contributed by atoms with van der Waals surface area (Å²) < 4.78 is 0. The molecule has 2 atom stereocenters. The molecule has 0 aromatic carbocycles. The Morgan fingerprint density at radius 2 is 2.29 bits per heavy atom. The summed E-state index contributed by atoms with van der Waals surface area (Å²) in [5, 5.41) is 0.228. The molecule has 0 aliphatic heterocycles. The summed E-state index contributed by atoms with van der Waals surface area (Å²) in [5.74, 6) is 0.988. The number of hydrogen-bond acceptors (Lipinski definition) is 1. The van der Waals surface area contributed by atoms with Crippen molar-refractivity contribution in [1.29, 1.82) is 0 Å². The molecule has 0 saturated heterocycles. The molecule has 1 nitrogen and oxygen atoms in total. The third-order valence-electron chi connectivity index (χ3n) is 3.02. The topological polar surface area (TPSA) is 12.9 Å². The van der Waals surface area contributed by atoms with Crippen LogP contribution in [0.1, 0.15) is 37.4 Å². The molecule has 0 saturated carbocycles. The molecule has 0 radical (unpaired) electrons. The van der Waals surface area contributed by atoms with E-state index < -0.39 is 0 Å². The smallest absolute Gasteiger partial charge is 0.0481 e. The van der Waals surface area contributed by atoms with E-state index in [4.69, 9.17) is 11.6 Å². The number of fused-ring (bicyclic) bond motifs is 1. The van der Waals surface area contributed by atoms with Crippen molar-refractivity contribution in [1.82, 2.24) is 4.98 Å². The number of aryl methyl sites for hydroxylation is 1. The summed E-state index contributed by atoms with van der Waals surface area (Å²) in [6.45, 7) is 4.36.